The molecular weight excluding hydrogens is 244 g/mol. The first kappa shape index (κ1) is 14.3. The summed E-state index contributed by atoms with van der Waals surface area (Å²) in [6, 6.07) is 0. The van der Waals surface area contributed by atoms with E-state index >= 15 is 0 Å². The molecule has 0 aromatic rings. The SMILES string of the molecule is C[C@@H]1CNC[C@H]1C(=O)NCC1CCC(C(=O)O)CC1. The number of hydrogen-bond acceptors (Lipinski definition) is 3. The van der Waals surface area contributed by atoms with Crippen molar-refractivity contribution in [2.24, 2.45) is 23.7 Å². The summed E-state index contributed by atoms with van der Waals surface area (Å²) < 4.78 is 0. The molecule has 5 nitrogen and oxygen atoms in total. The van der Waals surface area contributed by atoms with Gasteiger partial charge in [-0.15, -0.1) is 0 Å². The zero-order chi connectivity index (χ0) is 13.8. The maximum absolute atomic E-state index is 12.0. The molecule has 0 aromatic carbocycles. The molecule has 1 heterocycles. The van der Waals surface area contributed by atoms with Crippen LogP contribution in [0.5, 0.6) is 0 Å². The molecule has 0 aromatic heterocycles. The second-order valence-electron chi connectivity index (χ2n) is 6.04. The summed E-state index contributed by atoms with van der Waals surface area (Å²) in [6.45, 7) is 4.50. The van der Waals surface area contributed by atoms with E-state index in [1.807, 2.05) is 0 Å². The maximum Gasteiger partial charge on any atom is 0.306 e. The van der Waals surface area contributed by atoms with Gasteiger partial charge < -0.3 is 15.7 Å². The summed E-state index contributed by atoms with van der Waals surface area (Å²) in [5.41, 5.74) is 0. The Morgan fingerprint density at radius 3 is 2.42 bits per heavy atom. The second kappa shape index (κ2) is 6.37. The van der Waals surface area contributed by atoms with Crippen LogP contribution >= 0.6 is 0 Å². The minimum Gasteiger partial charge on any atom is -0.481 e. The van der Waals surface area contributed by atoms with Gasteiger partial charge in [-0.1, -0.05) is 6.92 Å². The molecule has 1 saturated carbocycles. The van der Waals surface area contributed by atoms with Gasteiger partial charge in [0.05, 0.1) is 11.8 Å². The van der Waals surface area contributed by atoms with Gasteiger partial charge in [0, 0.05) is 13.1 Å². The Labute approximate surface area is 114 Å². The standard InChI is InChI=1S/C14H24N2O3/c1-9-6-15-8-12(9)13(17)16-7-10-2-4-11(5-3-10)14(18)19/h9-12,15H,2-8H2,1H3,(H,16,17)(H,18,19)/t9-,10?,11?,12-/m1/s1. The maximum atomic E-state index is 12.0. The number of carboxylic acid groups (broad SMARTS) is 1. The van der Waals surface area contributed by atoms with Gasteiger partial charge in [-0.25, -0.2) is 0 Å². The van der Waals surface area contributed by atoms with E-state index < -0.39 is 5.97 Å². The number of hydrogen-bond donors (Lipinski definition) is 3. The first-order chi connectivity index (χ1) is 9.08. The highest BCUT2D eigenvalue weighted by atomic mass is 16.4. The van der Waals surface area contributed by atoms with Crippen LogP contribution in [-0.2, 0) is 9.59 Å². The summed E-state index contributed by atoms with van der Waals surface area (Å²) in [7, 11) is 0. The molecule has 5 heteroatoms. The lowest BCUT2D eigenvalue weighted by Crippen LogP contribution is -2.38. The zero-order valence-electron chi connectivity index (χ0n) is 11.5. The number of rotatable bonds is 4. The number of carbonyl (C=O) groups excluding carboxylic acids is 1. The third-order valence-electron chi connectivity index (χ3n) is 4.62. The predicted octanol–water partition coefficient (Wildman–Crippen LogP) is 0.849. The van der Waals surface area contributed by atoms with Crippen molar-refractivity contribution in [3.63, 3.8) is 0 Å². The Morgan fingerprint density at radius 2 is 1.89 bits per heavy atom. The fourth-order valence-corrected chi connectivity index (χ4v) is 3.15. The number of carboxylic acids is 1. The third-order valence-corrected chi connectivity index (χ3v) is 4.62. The van der Waals surface area contributed by atoms with E-state index in [9.17, 15) is 9.59 Å². The highest BCUT2D eigenvalue weighted by Gasteiger charge is 2.30. The molecule has 2 atom stereocenters. The monoisotopic (exact) mass is 268 g/mol. The van der Waals surface area contributed by atoms with Crippen LogP contribution in [0.3, 0.4) is 0 Å². The Bertz CT molecular complexity index is 338. The molecule has 0 bridgehead atoms. The normalized spacial score (nSPS) is 35.0. The Kier molecular flexibility index (Phi) is 4.80. The molecule has 1 saturated heterocycles. The van der Waals surface area contributed by atoms with Gasteiger partial charge in [0.1, 0.15) is 0 Å². The number of aliphatic carboxylic acids is 1. The van der Waals surface area contributed by atoms with Crippen LogP contribution in [0.25, 0.3) is 0 Å². The van der Waals surface area contributed by atoms with Crippen molar-refractivity contribution in [2.45, 2.75) is 32.6 Å². The summed E-state index contributed by atoms with van der Waals surface area (Å²) in [5.74, 6) is 0.250. The quantitative estimate of drug-likeness (QED) is 0.706. The number of nitrogens with one attached hydrogen (secondary N) is 2. The molecule has 0 spiro atoms. The van der Waals surface area contributed by atoms with Gasteiger partial charge in [0.2, 0.25) is 5.91 Å². The van der Waals surface area contributed by atoms with Crippen LogP contribution < -0.4 is 10.6 Å². The lowest BCUT2D eigenvalue weighted by atomic mass is 9.82. The fourth-order valence-electron chi connectivity index (χ4n) is 3.15. The molecule has 1 amide bonds. The summed E-state index contributed by atoms with van der Waals surface area (Å²) in [4.78, 5) is 22.9. The average molecular weight is 268 g/mol. The van der Waals surface area contributed by atoms with Crippen molar-refractivity contribution in [2.75, 3.05) is 19.6 Å². The lowest BCUT2D eigenvalue weighted by Gasteiger charge is -2.26. The molecule has 2 rings (SSSR count). The molecule has 0 unspecified atom stereocenters. The Balaban J connectivity index is 1.69. The van der Waals surface area contributed by atoms with Crippen molar-refractivity contribution in [3.8, 4) is 0 Å². The Morgan fingerprint density at radius 1 is 1.21 bits per heavy atom. The van der Waals surface area contributed by atoms with Crippen molar-refractivity contribution in [1.82, 2.24) is 10.6 Å². The van der Waals surface area contributed by atoms with Crippen LogP contribution in [0.1, 0.15) is 32.6 Å². The van der Waals surface area contributed by atoms with E-state index in [0.717, 1.165) is 38.8 Å². The van der Waals surface area contributed by atoms with E-state index in [2.05, 4.69) is 17.6 Å². The van der Waals surface area contributed by atoms with Gasteiger partial charge in [0.15, 0.2) is 0 Å². The third kappa shape index (κ3) is 3.69. The van der Waals surface area contributed by atoms with E-state index in [1.165, 1.54) is 0 Å². The fraction of sp³-hybridized carbons (Fsp3) is 0.857. The predicted molar refractivity (Wildman–Crippen MR) is 71.6 cm³/mol. The smallest absolute Gasteiger partial charge is 0.306 e. The molecule has 19 heavy (non-hydrogen) atoms. The van der Waals surface area contributed by atoms with E-state index in [-0.39, 0.29) is 17.7 Å². The molecule has 108 valence electrons. The minimum absolute atomic E-state index is 0.0929. The van der Waals surface area contributed by atoms with Crippen molar-refractivity contribution in [3.05, 3.63) is 0 Å². The van der Waals surface area contributed by atoms with Crippen LogP contribution in [-0.4, -0.2) is 36.6 Å². The van der Waals surface area contributed by atoms with E-state index in [0.29, 0.717) is 18.4 Å². The first-order valence-electron chi connectivity index (χ1n) is 7.29. The summed E-state index contributed by atoms with van der Waals surface area (Å²) in [6.07, 6.45) is 3.32. The molecule has 2 aliphatic rings. The summed E-state index contributed by atoms with van der Waals surface area (Å²) in [5, 5.41) is 15.2. The van der Waals surface area contributed by atoms with Gasteiger partial charge in [-0.05, 0) is 44.1 Å². The Hall–Kier alpha value is -1.10. The molecule has 2 fully saturated rings. The lowest BCUT2D eigenvalue weighted by molar-refractivity contribution is -0.143. The van der Waals surface area contributed by atoms with Gasteiger partial charge in [-0.3, -0.25) is 9.59 Å². The van der Waals surface area contributed by atoms with Crippen molar-refractivity contribution in [1.29, 1.82) is 0 Å². The van der Waals surface area contributed by atoms with E-state index in [1.54, 1.807) is 0 Å². The molecule has 3 N–H and O–H groups in total. The van der Waals surface area contributed by atoms with Crippen LogP contribution in [0.4, 0.5) is 0 Å². The highest BCUT2D eigenvalue weighted by molar-refractivity contribution is 5.79. The minimum atomic E-state index is -0.673. The highest BCUT2D eigenvalue weighted by Crippen LogP contribution is 2.28. The topological polar surface area (TPSA) is 78.4 Å². The van der Waals surface area contributed by atoms with Crippen LogP contribution in [0.2, 0.25) is 0 Å². The second-order valence-corrected chi connectivity index (χ2v) is 6.04. The molecule has 1 aliphatic heterocycles. The molecular formula is C14H24N2O3. The van der Waals surface area contributed by atoms with Crippen LogP contribution in [0.15, 0.2) is 0 Å². The average Bonchev–Trinajstić information content (AvgIpc) is 2.83. The first-order valence-corrected chi connectivity index (χ1v) is 7.29. The summed E-state index contributed by atoms with van der Waals surface area (Å²) >= 11 is 0. The number of amides is 1. The van der Waals surface area contributed by atoms with Crippen molar-refractivity contribution >= 4 is 11.9 Å². The number of carbonyl (C=O) groups is 2. The van der Waals surface area contributed by atoms with Crippen LogP contribution in [0, 0.1) is 23.7 Å². The van der Waals surface area contributed by atoms with Gasteiger partial charge in [-0.2, -0.15) is 0 Å². The van der Waals surface area contributed by atoms with Gasteiger partial charge >= 0.3 is 5.97 Å². The molecule has 0 radical (unpaired) electrons. The van der Waals surface area contributed by atoms with Gasteiger partial charge in [0.25, 0.3) is 0 Å². The van der Waals surface area contributed by atoms with E-state index in [4.69, 9.17) is 5.11 Å². The largest absolute Gasteiger partial charge is 0.481 e. The molecule has 1 aliphatic carbocycles. The van der Waals surface area contributed by atoms with Crippen molar-refractivity contribution < 1.29 is 14.7 Å². The zero-order valence-corrected chi connectivity index (χ0v) is 11.5.